The van der Waals surface area contributed by atoms with Gasteiger partial charge in [-0.15, -0.1) is 11.3 Å². The zero-order valence-corrected chi connectivity index (χ0v) is 18.8. The molecule has 0 unspecified atom stereocenters. The highest BCUT2D eigenvalue weighted by atomic mass is 32.1. The monoisotopic (exact) mass is 450 g/mol. The molecule has 166 valence electrons. The molecular weight excluding hydrogens is 424 g/mol. The summed E-state index contributed by atoms with van der Waals surface area (Å²) < 4.78 is 10.8. The van der Waals surface area contributed by atoms with Gasteiger partial charge in [0.2, 0.25) is 5.78 Å². The second-order valence-corrected chi connectivity index (χ2v) is 8.45. The Labute approximate surface area is 191 Å². The number of carbonyl (C=O) groups is 2. The van der Waals surface area contributed by atoms with Crippen LogP contribution in [0.2, 0.25) is 0 Å². The number of ketones is 1. The van der Waals surface area contributed by atoms with Crippen LogP contribution in [-0.2, 0) is 4.74 Å². The van der Waals surface area contributed by atoms with Crippen molar-refractivity contribution in [2.45, 2.75) is 6.04 Å². The lowest BCUT2D eigenvalue weighted by atomic mass is 10.0. The predicted octanol–water partition coefficient (Wildman–Crippen LogP) is 3.79. The highest BCUT2D eigenvalue weighted by molar-refractivity contribution is 7.12. The third kappa shape index (κ3) is 5.07. The number of hydrogen-bond acceptors (Lipinski definition) is 6. The van der Waals surface area contributed by atoms with Gasteiger partial charge in [-0.3, -0.25) is 14.5 Å². The molecule has 1 atom stereocenters. The maximum Gasteiger partial charge on any atom is 0.252 e. The van der Waals surface area contributed by atoms with Crippen molar-refractivity contribution in [2.75, 3.05) is 40.0 Å². The topological polar surface area (TPSA) is 67.9 Å². The van der Waals surface area contributed by atoms with Gasteiger partial charge in [0.15, 0.2) is 0 Å². The van der Waals surface area contributed by atoms with Crippen LogP contribution in [0.5, 0.6) is 5.75 Å². The highest BCUT2D eigenvalue weighted by Crippen LogP contribution is 2.24. The Bertz CT molecular complexity index is 1040. The maximum absolute atomic E-state index is 13.1. The van der Waals surface area contributed by atoms with Gasteiger partial charge in [-0.1, -0.05) is 36.4 Å². The third-order valence-corrected chi connectivity index (χ3v) is 6.47. The second-order valence-electron chi connectivity index (χ2n) is 7.50. The molecule has 1 aromatic heterocycles. The summed E-state index contributed by atoms with van der Waals surface area (Å²) in [7, 11) is 1.64. The Kier molecular flexibility index (Phi) is 7.32. The lowest BCUT2D eigenvalue weighted by Crippen LogP contribution is -2.44. The van der Waals surface area contributed by atoms with Crippen LogP contribution in [0.3, 0.4) is 0 Å². The minimum Gasteiger partial charge on any atom is -0.497 e. The quantitative estimate of drug-likeness (QED) is 0.529. The normalized spacial score (nSPS) is 15.2. The Morgan fingerprint density at radius 1 is 1.03 bits per heavy atom. The van der Waals surface area contributed by atoms with E-state index in [0.717, 1.165) is 24.4 Å². The number of nitrogens with one attached hydrogen (secondary N) is 1. The largest absolute Gasteiger partial charge is 0.497 e. The minimum absolute atomic E-state index is 0.00563. The van der Waals surface area contributed by atoms with Crippen LogP contribution in [0.4, 0.5) is 0 Å². The third-order valence-electron chi connectivity index (χ3n) is 5.60. The Balaban J connectivity index is 1.53. The molecule has 32 heavy (non-hydrogen) atoms. The summed E-state index contributed by atoms with van der Waals surface area (Å²) in [5.74, 6) is 0.405. The van der Waals surface area contributed by atoms with Gasteiger partial charge in [0.05, 0.1) is 36.8 Å². The van der Waals surface area contributed by atoms with E-state index >= 15 is 0 Å². The van der Waals surface area contributed by atoms with Crippen molar-refractivity contribution in [2.24, 2.45) is 0 Å². The molecule has 1 saturated heterocycles. The van der Waals surface area contributed by atoms with Crippen LogP contribution in [-0.4, -0.2) is 56.5 Å². The van der Waals surface area contributed by atoms with E-state index in [1.165, 1.54) is 11.3 Å². The average Bonchev–Trinajstić information content (AvgIpc) is 3.40. The number of benzene rings is 2. The van der Waals surface area contributed by atoms with E-state index < -0.39 is 0 Å². The summed E-state index contributed by atoms with van der Waals surface area (Å²) >= 11 is 1.37. The average molecular weight is 451 g/mol. The van der Waals surface area contributed by atoms with Crippen LogP contribution in [0.25, 0.3) is 0 Å². The van der Waals surface area contributed by atoms with E-state index in [1.54, 1.807) is 37.4 Å². The first-order valence-corrected chi connectivity index (χ1v) is 11.5. The first-order chi connectivity index (χ1) is 15.7. The molecule has 0 bridgehead atoms. The molecule has 0 spiro atoms. The standard InChI is InChI=1S/C25H26N2O4S/c1-30-19-10-8-18(9-11-19)22(27-12-14-31-15-13-27)17-26-25(29)21-6-3-2-5-20(21)24(28)23-7-4-16-32-23/h2-11,16,22H,12-15,17H2,1H3,(H,26,29)/t22-/m1/s1. The number of thiophene rings is 1. The molecule has 0 radical (unpaired) electrons. The van der Waals surface area contributed by atoms with Gasteiger partial charge in [-0.2, -0.15) is 0 Å². The van der Waals surface area contributed by atoms with Crippen LogP contribution >= 0.6 is 11.3 Å². The van der Waals surface area contributed by atoms with E-state index in [1.807, 2.05) is 35.7 Å². The highest BCUT2D eigenvalue weighted by Gasteiger charge is 2.25. The van der Waals surface area contributed by atoms with Crippen molar-refractivity contribution in [1.29, 1.82) is 0 Å². The molecule has 7 heteroatoms. The molecule has 2 heterocycles. The van der Waals surface area contributed by atoms with E-state index in [0.29, 0.717) is 35.8 Å². The number of amides is 1. The number of carbonyl (C=O) groups excluding carboxylic acids is 2. The number of hydrogen-bond donors (Lipinski definition) is 1. The number of nitrogens with zero attached hydrogens (tertiary/aromatic N) is 1. The number of rotatable bonds is 8. The van der Waals surface area contributed by atoms with Crippen LogP contribution in [0.15, 0.2) is 66.0 Å². The summed E-state index contributed by atoms with van der Waals surface area (Å²) in [4.78, 5) is 29.0. The van der Waals surface area contributed by atoms with Gasteiger partial charge >= 0.3 is 0 Å². The SMILES string of the molecule is COc1ccc([C@@H](CNC(=O)c2ccccc2C(=O)c2cccs2)N2CCOCC2)cc1. The molecule has 1 amide bonds. The molecule has 0 saturated carbocycles. The predicted molar refractivity (Wildman–Crippen MR) is 125 cm³/mol. The summed E-state index contributed by atoms with van der Waals surface area (Å²) in [6.45, 7) is 3.34. The van der Waals surface area contributed by atoms with Gasteiger partial charge in [0, 0.05) is 25.2 Å². The number of morpholine rings is 1. The maximum atomic E-state index is 13.1. The van der Waals surface area contributed by atoms with Gasteiger partial charge in [-0.25, -0.2) is 0 Å². The van der Waals surface area contributed by atoms with E-state index in [2.05, 4.69) is 10.2 Å². The first-order valence-electron chi connectivity index (χ1n) is 10.6. The summed E-state index contributed by atoms with van der Waals surface area (Å²) in [6.07, 6.45) is 0. The zero-order valence-electron chi connectivity index (χ0n) is 18.0. The van der Waals surface area contributed by atoms with Gasteiger partial charge in [0.25, 0.3) is 5.91 Å². The fraction of sp³-hybridized carbons (Fsp3) is 0.280. The molecule has 1 aliphatic rings. The van der Waals surface area contributed by atoms with E-state index in [-0.39, 0.29) is 17.7 Å². The van der Waals surface area contributed by atoms with Gasteiger partial charge in [-0.05, 0) is 35.2 Å². The lowest BCUT2D eigenvalue weighted by molar-refractivity contribution is 0.0162. The summed E-state index contributed by atoms with van der Waals surface area (Å²) in [6, 6.07) is 18.5. The molecule has 3 aromatic rings. The first kappa shape index (κ1) is 22.2. The van der Waals surface area contributed by atoms with Crippen molar-refractivity contribution in [3.8, 4) is 5.75 Å². The molecule has 1 aliphatic heterocycles. The van der Waals surface area contributed by atoms with Crippen molar-refractivity contribution in [1.82, 2.24) is 10.2 Å². The van der Waals surface area contributed by atoms with E-state index in [9.17, 15) is 9.59 Å². The number of ether oxygens (including phenoxy) is 2. The van der Waals surface area contributed by atoms with Crippen molar-refractivity contribution in [3.63, 3.8) is 0 Å². The van der Waals surface area contributed by atoms with Gasteiger partial charge < -0.3 is 14.8 Å². The molecule has 4 rings (SSSR count). The van der Waals surface area contributed by atoms with Crippen LogP contribution in [0, 0.1) is 0 Å². The van der Waals surface area contributed by atoms with Crippen molar-refractivity contribution < 1.29 is 19.1 Å². The molecule has 6 nitrogen and oxygen atoms in total. The van der Waals surface area contributed by atoms with Gasteiger partial charge in [0.1, 0.15) is 5.75 Å². The smallest absolute Gasteiger partial charge is 0.252 e. The van der Waals surface area contributed by atoms with Crippen molar-refractivity contribution in [3.05, 3.63) is 87.6 Å². The Morgan fingerprint density at radius 3 is 2.41 bits per heavy atom. The fourth-order valence-electron chi connectivity index (χ4n) is 3.88. The summed E-state index contributed by atoms with van der Waals surface area (Å²) in [5.41, 5.74) is 1.90. The molecule has 1 N–H and O–H groups in total. The zero-order chi connectivity index (χ0) is 22.3. The Hall–Kier alpha value is -3.00. The molecule has 1 fully saturated rings. The molecule has 2 aromatic carbocycles. The minimum atomic E-state index is -0.253. The van der Waals surface area contributed by atoms with Crippen molar-refractivity contribution >= 4 is 23.0 Å². The Morgan fingerprint density at radius 2 is 1.75 bits per heavy atom. The lowest BCUT2D eigenvalue weighted by Gasteiger charge is -2.35. The summed E-state index contributed by atoms with van der Waals surface area (Å²) in [5, 5.41) is 4.92. The van der Waals surface area contributed by atoms with Crippen LogP contribution < -0.4 is 10.1 Å². The fourth-order valence-corrected chi connectivity index (χ4v) is 4.56. The number of methoxy groups -OCH3 is 1. The molecule has 0 aliphatic carbocycles. The van der Waals surface area contributed by atoms with Crippen LogP contribution in [0.1, 0.15) is 37.2 Å². The molecular formula is C25H26N2O4S. The van der Waals surface area contributed by atoms with E-state index in [4.69, 9.17) is 9.47 Å². The second kappa shape index (κ2) is 10.5.